The molecule has 0 spiro atoms. The first kappa shape index (κ1) is 24.6. The monoisotopic (exact) mass is 559 g/mol. The van der Waals surface area contributed by atoms with Crippen LogP contribution in [0.4, 0.5) is 0 Å². The summed E-state index contributed by atoms with van der Waals surface area (Å²) in [6.45, 7) is 0. The second kappa shape index (κ2) is 9.82. The summed E-state index contributed by atoms with van der Waals surface area (Å²) in [4.78, 5) is 15.1. The van der Waals surface area contributed by atoms with Gasteiger partial charge < -0.3 is 0 Å². The number of benzene rings is 6. The summed E-state index contributed by atoms with van der Waals surface area (Å²) < 4.78 is 0. The third-order valence-electron chi connectivity index (χ3n) is 8.56. The lowest BCUT2D eigenvalue weighted by Crippen LogP contribution is -1.92. The Balaban J connectivity index is 1.24. The van der Waals surface area contributed by atoms with Crippen molar-refractivity contribution in [2.75, 3.05) is 0 Å². The van der Waals surface area contributed by atoms with Gasteiger partial charge in [-0.25, -0.2) is 9.97 Å². The lowest BCUT2D eigenvalue weighted by atomic mass is 9.96. The van der Waals surface area contributed by atoms with Crippen molar-refractivity contribution in [3.05, 3.63) is 152 Å². The molecular formula is C41H25N3. The molecule has 0 atom stereocenters. The van der Waals surface area contributed by atoms with E-state index in [1.54, 1.807) is 0 Å². The average molecular weight is 560 g/mol. The van der Waals surface area contributed by atoms with Gasteiger partial charge in [0.25, 0.3) is 0 Å². The van der Waals surface area contributed by atoms with Crippen LogP contribution in [0.3, 0.4) is 0 Å². The quantitative estimate of drug-likeness (QED) is 0.202. The van der Waals surface area contributed by atoms with Crippen molar-refractivity contribution in [3.8, 4) is 33.6 Å². The number of fused-ring (bicyclic) bond motifs is 5. The SMILES string of the molecule is c1ccc2cc3nc(-c4cc(-c5cnc6ccccc6c5)cc(-c5ccc6cc7ccccc7cc6n5)c4)ccc3cc2c1. The predicted molar refractivity (Wildman–Crippen MR) is 184 cm³/mol. The Bertz CT molecular complexity index is 2430. The van der Waals surface area contributed by atoms with Crippen LogP contribution in [0.15, 0.2) is 152 Å². The van der Waals surface area contributed by atoms with Crippen molar-refractivity contribution >= 4 is 54.3 Å². The highest BCUT2D eigenvalue weighted by atomic mass is 14.7. The second-order valence-electron chi connectivity index (χ2n) is 11.4. The van der Waals surface area contributed by atoms with Crippen LogP contribution in [0.1, 0.15) is 0 Å². The maximum absolute atomic E-state index is 5.16. The van der Waals surface area contributed by atoms with Gasteiger partial charge in [0, 0.05) is 39.0 Å². The number of pyridine rings is 3. The Morgan fingerprint density at radius 3 is 1.32 bits per heavy atom. The zero-order valence-corrected chi connectivity index (χ0v) is 23.8. The van der Waals surface area contributed by atoms with Gasteiger partial charge in [0.05, 0.1) is 27.9 Å². The molecule has 0 saturated heterocycles. The van der Waals surface area contributed by atoms with Crippen molar-refractivity contribution in [1.29, 1.82) is 0 Å². The van der Waals surface area contributed by atoms with Crippen LogP contribution in [0.25, 0.3) is 87.9 Å². The molecule has 0 aliphatic carbocycles. The van der Waals surface area contributed by atoms with Gasteiger partial charge >= 0.3 is 0 Å². The van der Waals surface area contributed by atoms with Crippen LogP contribution in [0, 0.1) is 0 Å². The van der Waals surface area contributed by atoms with Gasteiger partial charge in [0.15, 0.2) is 0 Å². The van der Waals surface area contributed by atoms with Gasteiger partial charge in [0.2, 0.25) is 0 Å². The van der Waals surface area contributed by atoms with E-state index in [2.05, 4.69) is 133 Å². The lowest BCUT2D eigenvalue weighted by molar-refractivity contribution is 1.37. The fourth-order valence-corrected chi connectivity index (χ4v) is 6.26. The minimum atomic E-state index is 0.927. The minimum Gasteiger partial charge on any atom is -0.256 e. The summed E-state index contributed by atoms with van der Waals surface area (Å²) in [5, 5.41) is 8.19. The lowest BCUT2D eigenvalue weighted by Gasteiger charge is -2.12. The van der Waals surface area contributed by atoms with Crippen molar-refractivity contribution in [1.82, 2.24) is 15.0 Å². The molecule has 3 heterocycles. The smallest absolute Gasteiger partial charge is 0.0715 e. The van der Waals surface area contributed by atoms with Crippen LogP contribution in [-0.4, -0.2) is 15.0 Å². The van der Waals surface area contributed by atoms with Crippen LogP contribution >= 0.6 is 0 Å². The molecule has 9 aromatic rings. The van der Waals surface area contributed by atoms with Crippen LogP contribution in [0.5, 0.6) is 0 Å². The second-order valence-corrected chi connectivity index (χ2v) is 11.4. The Labute approximate surface area is 254 Å². The largest absolute Gasteiger partial charge is 0.256 e. The van der Waals surface area contributed by atoms with Crippen molar-refractivity contribution < 1.29 is 0 Å². The van der Waals surface area contributed by atoms with E-state index in [9.17, 15) is 0 Å². The Morgan fingerprint density at radius 1 is 0.295 bits per heavy atom. The highest BCUT2D eigenvalue weighted by molar-refractivity contribution is 5.99. The molecule has 0 aliphatic rings. The van der Waals surface area contributed by atoms with E-state index in [1.807, 2.05) is 18.3 Å². The molecule has 9 rings (SSSR count). The summed E-state index contributed by atoms with van der Waals surface area (Å²) in [5.41, 5.74) is 9.03. The summed E-state index contributed by atoms with van der Waals surface area (Å²) in [7, 11) is 0. The highest BCUT2D eigenvalue weighted by Gasteiger charge is 2.12. The maximum atomic E-state index is 5.16. The normalized spacial score (nSPS) is 11.6. The predicted octanol–water partition coefficient (Wildman–Crippen LogP) is 10.6. The van der Waals surface area contributed by atoms with Gasteiger partial charge in [0.1, 0.15) is 0 Å². The number of para-hydroxylation sites is 1. The third-order valence-corrected chi connectivity index (χ3v) is 8.56. The van der Waals surface area contributed by atoms with Crippen LogP contribution in [0.2, 0.25) is 0 Å². The number of hydrogen-bond acceptors (Lipinski definition) is 3. The number of aromatic nitrogens is 3. The summed E-state index contributed by atoms with van der Waals surface area (Å²) in [5.74, 6) is 0. The average Bonchev–Trinajstić information content (AvgIpc) is 3.09. The van der Waals surface area contributed by atoms with Gasteiger partial charge in [-0.05, 0) is 93.8 Å². The number of rotatable bonds is 3. The first-order valence-corrected chi connectivity index (χ1v) is 14.8. The van der Waals surface area contributed by atoms with Crippen molar-refractivity contribution in [2.45, 2.75) is 0 Å². The van der Waals surface area contributed by atoms with E-state index >= 15 is 0 Å². The Kier molecular flexibility index (Phi) is 5.50. The standard InChI is InChI=1S/C41H25N3/c1-3-9-28-23-40-31(17-26(28)7-1)13-15-38(43-40)34-20-33(36-19-30-11-5-6-12-37(30)42-25-36)21-35(22-34)39-16-14-32-18-27-8-2-4-10-29(27)24-41(32)44-39/h1-25H. The Hall–Kier alpha value is -5.93. The van der Waals surface area contributed by atoms with Crippen molar-refractivity contribution in [3.63, 3.8) is 0 Å². The topological polar surface area (TPSA) is 38.7 Å². The molecular weight excluding hydrogens is 534 g/mol. The molecule has 0 amide bonds. The highest BCUT2D eigenvalue weighted by Crippen LogP contribution is 2.34. The molecule has 3 aromatic heterocycles. The number of hydrogen-bond donors (Lipinski definition) is 0. The molecule has 204 valence electrons. The van der Waals surface area contributed by atoms with Crippen molar-refractivity contribution in [2.24, 2.45) is 0 Å². The zero-order valence-electron chi connectivity index (χ0n) is 23.8. The van der Waals surface area contributed by atoms with Crippen LogP contribution < -0.4 is 0 Å². The molecule has 44 heavy (non-hydrogen) atoms. The number of nitrogens with zero attached hydrogens (tertiary/aromatic N) is 3. The minimum absolute atomic E-state index is 0.927. The van der Waals surface area contributed by atoms with E-state index < -0.39 is 0 Å². The Morgan fingerprint density at radius 2 is 0.750 bits per heavy atom. The molecule has 0 unspecified atom stereocenters. The molecule has 6 aromatic carbocycles. The van der Waals surface area contributed by atoms with Gasteiger partial charge in [-0.3, -0.25) is 4.98 Å². The van der Waals surface area contributed by atoms with Gasteiger partial charge in [-0.2, -0.15) is 0 Å². The van der Waals surface area contributed by atoms with Gasteiger partial charge in [-0.1, -0.05) is 78.9 Å². The van der Waals surface area contributed by atoms with E-state index in [-0.39, 0.29) is 0 Å². The molecule has 3 nitrogen and oxygen atoms in total. The first-order chi connectivity index (χ1) is 21.7. The molecule has 0 saturated carbocycles. The van der Waals surface area contributed by atoms with E-state index in [0.717, 1.165) is 66.4 Å². The summed E-state index contributed by atoms with van der Waals surface area (Å²) in [6.07, 6.45) is 1.96. The molecule has 3 heteroatoms. The molecule has 0 radical (unpaired) electrons. The molecule has 0 aliphatic heterocycles. The van der Waals surface area contributed by atoms with E-state index in [0.29, 0.717) is 0 Å². The summed E-state index contributed by atoms with van der Waals surface area (Å²) in [6, 6.07) is 51.4. The zero-order chi connectivity index (χ0) is 29.0. The third kappa shape index (κ3) is 4.26. The first-order valence-electron chi connectivity index (χ1n) is 14.8. The fraction of sp³-hybridized carbons (Fsp3) is 0. The summed E-state index contributed by atoms with van der Waals surface area (Å²) >= 11 is 0. The molecule has 0 fully saturated rings. The molecule has 0 bridgehead atoms. The fourth-order valence-electron chi connectivity index (χ4n) is 6.26. The maximum Gasteiger partial charge on any atom is 0.0715 e. The van der Waals surface area contributed by atoms with Gasteiger partial charge in [-0.15, -0.1) is 0 Å². The van der Waals surface area contributed by atoms with E-state index in [4.69, 9.17) is 15.0 Å². The van der Waals surface area contributed by atoms with E-state index in [1.165, 1.54) is 21.5 Å². The van der Waals surface area contributed by atoms with Crippen LogP contribution in [-0.2, 0) is 0 Å². The molecule has 0 N–H and O–H groups in total.